The number of hydrogen-bond donors (Lipinski definition) is 3. The molecule has 4 rings (SSSR count). The van der Waals surface area contributed by atoms with E-state index in [1.807, 2.05) is 24.3 Å². The second-order valence-electron chi connectivity index (χ2n) is 7.10. The zero-order chi connectivity index (χ0) is 24.1. The SMILES string of the molecule is COc1ccc(-c2n[nH]c(=S)n2CCC(=O)Nc2n[nH]c(-c3ccc(OC)cc3OC)n2)cc1. The second kappa shape index (κ2) is 10.2. The highest BCUT2D eigenvalue weighted by atomic mass is 32.1. The number of amides is 1. The maximum Gasteiger partial charge on any atom is 0.249 e. The highest BCUT2D eigenvalue weighted by molar-refractivity contribution is 7.71. The van der Waals surface area contributed by atoms with E-state index in [-0.39, 0.29) is 18.3 Å². The van der Waals surface area contributed by atoms with Crippen molar-refractivity contribution in [1.29, 1.82) is 0 Å². The van der Waals surface area contributed by atoms with Gasteiger partial charge < -0.3 is 14.2 Å². The van der Waals surface area contributed by atoms with E-state index in [2.05, 4.69) is 30.7 Å². The molecule has 0 aliphatic carbocycles. The lowest BCUT2D eigenvalue weighted by atomic mass is 10.2. The number of aromatic nitrogens is 6. The Morgan fingerprint density at radius 3 is 2.44 bits per heavy atom. The third kappa shape index (κ3) is 4.91. The van der Waals surface area contributed by atoms with Crippen LogP contribution in [0.4, 0.5) is 5.95 Å². The lowest BCUT2D eigenvalue weighted by Crippen LogP contribution is -2.16. The van der Waals surface area contributed by atoms with Gasteiger partial charge in [0.1, 0.15) is 17.2 Å². The lowest BCUT2D eigenvalue weighted by Gasteiger charge is -2.08. The predicted molar refractivity (Wildman–Crippen MR) is 128 cm³/mol. The summed E-state index contributed by atoms with van der Waals surface area (Å²) in [6, 6.07) is 12.8. The van der Waals surface area contributed by atoms with Crippen LogP contribution in [0.15, 0.2) is 42.5 Å². The Morgan fingerprint density at radius 2 is 1.74 bits per heavy atom. The summed E-state index contributed by atoms with van der Waals surface area (Å²) in [4.78, 5) is 16.9. The van der Waals surface area contributed by atoms with E-state index in [9.17, 15) is 4.79 Å². The average Bonchev–Trinajstić information content (AvgIpc) is 3.48. The van der Waals surface area contributed by atoms with Crippen LogP contribution in [0.25, 0.3) is 22.8 Å². The molecule has 0 saturated carbocycles. The van der Waals surface area contributed by atoms with Gasteiger partial charge in [-0.3, -0.25) is 24.9 Å². The van der Waals surface area contributed by atoms with E-state index < -0.39 is 0 Å². The molecule has 0 aliphatic rings. The first-order valence-electron chi connectivity index (χ1n) is 10.3. The molecule has 0 saturated heterocycles. The van der Waals surface area contributed by atoms with Crippen molar-refractivity contribution in [2.45, 2.75) is 13.0 Å². The van der Waals surface area contributed by atoms with Gasteiger partial charge >= 0.3 is 0 Å². The number of aromatic amines is 2. The summed E-state index contributed by atoms with van der Waals surface area (Å²) in [5.74, 6) is 2.93. The van der Waals surface area contributed by atoms with E-state index in [0.29, 0.717) is 40.0 Å². The van der Waals surface area contributed by atoms with Crippen LogP contribution in [0, 0.1) is 4.77 Å². The summed E-state index contributed by atoms with van der Waals surface area (Å²) in [7, 11) is 4.74. The van der Waals surface area contributed by atoms with Crippen molar-refractivity contribution in [1.82, 2.24) is 29.9 Å². The normalized spacial score (nSPS) is 10.7. The van der Waals surface area contributed by atoms with Gasteiger partial charge in [-0.15, -0.1) is 5.10 Å². The number of rotatable bonds is 9. The van der Waals surface area contributed by atoms with E-state index in [4.69, 9.17) is 26.4 Å². The fraction of sp³-hybridized carbons (Fsp3) is 0.227. The van der Waals surface area contributed by atoms with E-state index in [1.54, 1.807) is 44.1 Å². The summed E-state index contributed by atoms with van der Waals surface area (Å²) in [6.45, 7) is 0.326. The molecule has 11 nitrogen and oxygen atoms in total. The molecule has 0 spiro atoms. The summed E-state index contributed by atoms with van der Waals surface area (Å²) < 4.78 is 18.0. The molecule has 0 fully saturated rings. The first kappa shape index (κ1) is 23.0. The lowest BCUT2D eigenvalue weighted by molar-refractivity contribution is -0.116. The molecule has 1 amide bonds. The number of carbonyl (C=O) groups excluding carboxylic acids is 1. The molecule has 4 aromatic rings. The van der Waals surface area contributed by atoms with E-state index in [0.717, 1.165) is 11.3 Å². The molecular weight excluding hydrogens is 458 g/mol. The van der Waals surface area contributed by atoms with Crippen molar-refractivity contribution in [3.05, 3.63) is 47.2 Å². The Balaban J connectivity index is 1.43. The van der Waals surface area contributed by atoms with Crippen LogP contribution in [0.5, 0.6) is 17.2 Å². The highest BCUT2D eigenvalue weighted by Crippen LogP contribution is 2.31. The summed E-state index contributed by atoms with van der Waals surface area (Å²) in [5.41, 5.74) is 1.53. The fourth-order valence-corrected chi connectivity index (χ4v) is 3.54. The van der Waals surface area contributed by atoms with Crippen molar-refractivity contribution in [2.24, 2.45) is 0 Å². The number of nitrogens with zero attached hydrogens (tertiary/aromatic N) is 4. The summed E-state index contributed by atoms with van der Waals surface area (Å²) >= 11 is 5.34. The summed E-state index contributed by atoms with van der Waals surface area (Å²) in [6.07, 6.45) is 0.146. The number of H-pyrrole nitrogens is 2. The zero-order valence-electron chi connectivity index (χ0n) is 18.8. The maximum atomic E-state index is 12.6. The third-order valence-electron chi connectivity index (χ3n) is 5.07. The Bertz CT molecular complexity index is 1340. The van der Waals surface area contributed by atoms with Gasteiger partial charge in [0.15, 0.2) is 16.4 Å². The fourth-order valence-electron chi connectivity index (χ4n) is 3.32. The van der Waals surface area contributed by atoms with Crippen LogP contribution in [0.1, 0.15) is 6.42 Å². The average molecular weight is 482 g/mol. The molecular formula is C22H23N7O4S. The standard InChI is InChI=1S/C22H23N7O4S/c1-31-14-6-4-13(5-7-14)20-26-28-22(34)29(20)11-10-18(30)23-21-24-19(25-27-21)16-9-8-15(32-2)12-17(16)33-3/h4-9,12H,10-11H2,1-3H3,(H,28,34)(H2,23,24,25,27,30). The van der Waals surface area contributed by atoms with Crippen molar-refractivity contribution in [3.8, 4) is 40.0 Å². The minimum Gasteiger partial charge on any atom is -0.497 e. The first-order valence-corrected chi connectivity index (χ1v) is 10.7. The number of benzene rings is 2. The Kier molecular flexibility index (Phi) is 6.87. The van der Waals surface area contributed by atoms with Gasteiger partial charge in [0.05, 0.1) is 26.9 Å². The van der Waals surface area contributed by atoms with Gasteiger partial charge in [0, 0.05) is 24.6 Å². The predicted octanol–water partition coefficient (Wildman–Crippen LogP) is 3.45. The second-order valence-corrected chi connectivity index (χ2v) is 7.49. The number of hydrogen-bond acceptors (Lipinski definition) is 8. The number of carbonyl (C=O) groups is 1. The van der Waals surface area contributed by atoms with Crippen LogP contribution in [0.2, 0.25) is 0 Å². The van der Waals surface area contributed by atoms with Crippen molar-refractivity contribution in [3.63, 3.8) is 0 Å². The molecule has 0 unspecified atom stereocenters. The van der Waals surface area contributed by atoms with Crippen LogP contribution in [-0.2, 0) is 11.3 Å². The number of methoxy groups -OCH3 is 3. The monoisotopic (exact) mass is 481 g/mol. The Morgan fingerprint density at radius 1 is 1.00 bits per heavy atom. The van der Waals surface area contributed by atoms with Crippen molar-refractivity contribution in [2.75, 3.05) is 26.6 Å². The molecule has 0 atom stereocenters. The van der Waals surface area contributed by atoms with Gasteiger partial charge in [-0.25, -0.2) is 0 Å². The largest absolute Gasteiger partial charge is 0.497 e. The minimum absolute atomic E-state index is 0.146. The molecule has 2 aromatic carbocycles. The van der Waals surface area contributed by atoms with Crippen LogP contribution >= 0.6 is 12.2 Å². The number of anilines is 1. The molecule has 2 heterocycles. The van der Waals surface area contributed by atoms with Crippen molar-refractivity contribution < 1.29 is 19.0 Å². The Labute approximate surface area is 200 Å². The molecule has 176 valence electrons. The van der Waals surface area contributed by atoms with Gasteiger partial charge in [-0.2, -0.15) is 10.1 Å². The third-order valence-corrected chi connectivity index (χ3v) is 5.38. The first-order chi connectivity index (χ1) is 16.5. The minimum atomic E-state index is -0.268. The van der Waals surface area contributed by atoms with Crippen LogP contribution < -0.4 is 19.5 Å². The number of ether oxygens (including phenoxy) is 3. The quantitative estimate of drug-likeness (QED) is 0.310. The van der Waals surface area contributed by atoms with Crippen molar-refractivity contribution >= 4 is 24.1 Å². The molecule has 0 aliphatic heterocycles. The van der Waals surface area contributed by atoms with E-state index >= 15 is 0 Å². The zero-order valence-corrected chi connectivity index (χ0v) is 19.6. The molecule has 12 heteroatoms. The van der Waals surface area contributed by atoms with Gasteiger partial charge in [-0.05, 0) is 48.6 Å². The van der Waals surface area contributed by atoms with Gasteiger partial charge in [0.2, 0.25) is 11.9 Å². The topological polar surface area (TPSA) is 132 Å². The summed E-state index contributed by atoms with van der Waals surface area (Å²) in [5, 5.41) is 16.7. The van der Waals surface area contributed by atoms with Gasteiger partial charge in [0.25, 0.3) is 0 Å². The smallest absolute Gasteiger partial charge is 0.249 e. The van der Waals surface area contributed by atoms with Crippen LogP contribution in [0.3, 0.4) is 0 Å². The van der Waals surface area contributed by atoms with Crippen LogP contribution in [-0.4, -0.2) is 57.2 Å². The molecule has 3 N–H and O–H groups in total. The molecule has 0 radical (unpaired) electrons. The van der Waals surface area contributed by atoms with E-state index in [1.165, 1.54) is 0 Å². The molecule has 0 bridgehead atoms. The molecule has 34 heavy (non-hydrogen) atoms. The Hall–Kier alpha value is -4.19. The maximum absolute atomic E-state index is 12.6. The number of nitrogens with one attached hydrogen (secondary N) is 3. The highest BCUT2D eigenvalue weighted by Gasteiger charge is 2.15. The van der Waals surface area contributed by atoms with Gasteiger partial charge in [-0.1, -0.05) is 0 Å². The molecule has 2 aromatic heterocycles.